The highest BCUT2D eigenvalue weighted by molar-refractivity contribution is 5.40. The molecule has 0 saturated heterocycles. The van der Waals surface area contributed by atoms with Crippen molar-refractivity contribution in [3.8, 4) is 5.75 Å². The summed E-state index contributed by atoms with van der Waals surface area (Å²) < 4.78 is 0. The molecule has 2 heteroatoms. The Hall–Kier alpha value is -1.02. The molecule has 0 spiro atoms. The molecule has 2 N–H and O–H groups in total. The van der Waals surface area contributed by atoms with E-state index in [-0.39, 0.29) is 0 Å². The number of hydrogen-bond acceptors (Lipinski definition) is 2. The van der Waals surface area contributed by atoms with Gasteiger partial charge < -0.3 is 10.4 Å². The Balaban J connectivity index is 1.84. The van der Waals surface area contributed by atoms with Gasteiger partial charge in [0.25, 0.3) is 0 Å². The van der Waals surface area contributed by atoms with Gasteiger partial charge in [-0.1, -0.05) is 31.7 Å². The molecule has 1 aromatic rings. The van der Waals surface area contributed by atoms with Crippen LogP contribution < -0.4 is 5.32 Å². The summed E-state index contributed by atoms with van der Waals surface area (Å²) in [5, 5.41) is 13.3. The van der Waals surface area contributed by atoms with Crippen LogP contribution in [0, 0.1) is 5.92 Å². The standard InChI is InChI=1S/C15H21NO/c17-13-8-7-12-10-16-15(14(12)9-13)11-5-3-1-2-4-6-11/h7-9,11,15-17H,1-6,10H2. The van der Waals surface area contributed by atoms with E-state index in [1.165, 1.54) is 49.7 Å². The first-order valence-corrected chi connectivity index (χ1v) is 6.90. The van der Waals surface area contributed by atoms with Gasteiger partial charge in [-0.05, 0) is 42.0 Å². The molecule has 1 fully saturated rings. The van der Waals surface area contributed by atoms with Crippen LogP contribution in [0.5, 0.6) is 5.75 Å². The summed E-state index contributed by atoms with van der Waals surface area (Å²) in [5.74, 6) is 1.17. The van der Waals surface area contributed by atoms with E-state index in [4.69, 9.17) is 0 Å². The van der Waals surface area contributed by atoms with Crippen LogP contribution in [-0.4, -0.2) is 5.11 Å². The summed E-state index contributed by atoms with van der Waals surface area (Å²) in [6.07, 6.45) is 8.22. The van der Waals surface area contributed by atoms with Gasteiger partial charge in [-0.15, -0.1) is 0 Å². The zero-order chi connectivity index (χ0) is 11.7. The van der Waals surface area contributed by atoms with Gasteiger partial charge in [0, 0.05) is 12.6 Å². The second-order valence-electron chi connectivity index (χ2n) is 5.49. The maximum atomic E-state index is 9.64. The van der Waals surface area contributed by atoms with E-state index in [1.54, 1.807) is 6.07 Å². The van der Waals surface area contributed by atoms with E-state index in [9.17, 15) is 5.11 Å². The largest absolute Gasteiger partial charge is 0.508 e. The Morgan fingerprint density at radius 2 is 1.82 bits per heavy atom. The van der Waals surface area contributed by atoms with Gasteiger partial charge in [0.15, 0.2) is 0 Å². The molecule has 1 aromatic carbocycles. The summed E-state index contributed by atoms with van der Waals surface area (Å²) in [5.41, 5.74) is 2.72. The van der Waals surface area contributed by atoms with Gasteiger partial charge in [-0.2, -0.15) is 0 Å². The molecule has 1 saturated carbocycles. The third kappa shape index (κ3) is 2.19. The molecular formula is C15H21NO. The van der Waals surface area contributed by atoms with Crippen LogP contribution >= 0.6 is 0 Å². The molecule has 0 radical (unpaired) electrons. The molecule has 92 valence electrons. The minimum Gasteiger partial charge on any atom is -0.508 e. The number of rotatable bonds is 1. The van der Waals surface area contributed by atoms with E-state index in [2.05, 4.69) is 11.4 Å². The molecule has 3 rings (SSSR count). The number of fused-ring (bicyclic) bond motifs is 1. The van der Waals surface area contributed by atoms with Crippen molar-refractivity contribution >= 4 is 0 Å². The molecule has 1 atom stereocenters. The van der Waals surface area contributed by atoms with Gasteiger partial charge >= 0.3 is 0 Å². The van der Waals surface area contributed by atoms with Crippen molar-refractivity contribution in [3.63, 3.8) is 0 Å². The van der Waals surface area contributed by atoms with Crippen LogP contribution in [0.15, 0.2) is 18.2 Å². The monoisotopic (exact) mass is 231 g/mol. The number of phenolic OH excluding ortho intramolecular Hbond substituents is 1. The lowest BCUT2D eigenvalue weighted by Crippen LogP contribution is -2.21. The Labute approximate surface area is 103 Å². The first kappa shape index (κ1) is 11.1. The SMILES string of the molecule is Oc1ccc2c(c1)C(C1CCCCCC1)NC2. The summed E-state index contributed by atoms with van der Waals surface area (Å²) in [7, 11) is 0. The van der Waals surface area contributed by atoms with Crippen LogP contribution in [-0.2, 0) is 6.54 Å². The van der Waals surface area contributed by atoms with Crippen LogP contribution in [0.4, 0.5) is 0 Å². The van der Waals surface area contributed by atoms with Crippen LogP contribution in [0.3, 0.4) is 0 Å². The van der Waals surface area contributed by atoms with Crippen LogP contribution in [0.1, 0.15) is 55.7 Å². The number of nitrogens with one attached hydrogen (secondary N) is 1. The van der Waals surface area contributed by atoms with E-state index < -0.39 is 0 Å². The Morgan fingerprint density at radius 3 is 2.59 bits per heavy atom. The molecule has 2 aliphatic rings. The second-order valence-corrected chi connectivity index (χ2v) is 5.49. The smallest absolute Gasteiger partial charge is 0.115 e. The zero-order valence-electron chi connectivity index (χ0n) is 10.3. The van der Waals surface area contributed by atoms with Crippen molar-refractivity contribution in [1.29, 1.82) is 0 Å². The third-order valence-electron chi connectivity index (χ3n) is 4.35. The zero-order valence-corrected chi connectivity index (χ0v) is 10.3. The predicted molar refractivity (Wildman–Crippen MR) is 68.9 cm³/mol. The van der Waals surface area contributed by atoms with Gasteiger partial charge in [-0.3, -0.25) is 0 Å². The van der Waals surface area contributed by atoms with Gasteiger partial charge in [0.05, 0.1) is 0 Å². The first-order chi connectivity index (χ1) is 8.34. The lowest BCUT2D eigenvalue weighted by Gasteiger charge is -2.23. The summed E-state index contributed by atoms with van der Waals surface area (Å²) >= 11 is 0. The van der Waals surface area contributed by atoms with Crippen molar-refractivity contribution in [1.82, 2.24) is 5.32 Å². The molecule has 1 aliphatic heterocycles. The number of benzene rings is 1. The van der Waals surface area contributed by atoms with Crippen molar-refractivity contribution in [2.24, 2.45) is 5.92 Å². The number of aromatic hydroxyl groups is 1. The molecular weight excluding hydrogens is 210 g/mol. The van der Waals surface area contributed by atoms with Gasteiger partial charge in [0.2, 0.25) is 0 Å². The van der Waals surface area contributed by atoms with E-state index in [0.29, 0.717) is 11.8 Å². The Morgan fingerprint density at radius 1 is 1.06 bits per heavy atom. The fourth-order valence-corrected chi connectivity index (χ4v) is 3.43. The summed E-state index contributed by atoms with van der Waals surface area (Å²) in [4.78, 5) is 0. The topological polar surface area (TPSA) is 32.3 Å². The fourth-order valence-electron chi connectivity index (χ4n) is 3.43. The molecule has 1 aliphatic carbocycles. The lowest BCUT2D eigenvalue weighted by molar-refractivity contribution is 0.341. The van der Waals surface area contributed by atoms with E-state index in [1.807, 2.05) is 6.07 Å². The van der Waals surface area contributed by atoms with Crippen LogP contribution in [0.2, 0.25) is 0 Å². The van der Waals surface area contributed by atoms with Gasteiger partial charge in [-0.25, -0.2) is 0 Å². The molecule has 1 heterocycles. The molecule has 0 aromatic heterocycles. The van der Waals surface area contributed by atoms with Crippen molar-refractivity contribution in [2.45, 2.75) is 51.1 Å². The maximum Gasteiger partial charge on any atom is 0.115 e. The average molecular weight is 231 g/mol. The Bertz CT molecular complexity index is 394. The van der Waals surface area contributed by atoms with Gasteiger partial charge in [0.1, 0.15) is 5.75 Å². The Kier molecular flexibility index (Phi) is 3.06. The summed E-state index contributed by atoms with van der Waals surface area (Å²) in [6, 6.07) is 6.31. The minimum atomic E-state index is 0.408. The first-order valence-electron chi connectivity index (χ1n) is 6.90. The van der Waals surface area contributed by atoms with Crippen molar-refractivity contribution in [3.05, 3.63) is 29.3 Å². The minimum absolute atomic E-state index is 0.408. The second kappa shape index (κ2) is 4.69. The quantitative estimate of drug-likeness (QED) is 0.725. The van der Waals surface area contributed by atoms with E-state index in [0.717, 1.165) is 12.5 Å². The normalized spacial score (nSPS) is 25.5. The highest BCUT2D eigenvalue weighted by atomic mass is 16.3. The predicted octanol–water partition coefficient (Wildman–Crippen LogP) is 3.51. The molecule has 17 heavy (non-hydrogen) atoms. The van der Waals surface area contributed by atoms with Crippen molar-refractivity contribution in [2.75, 3.05) is 0 Å². The highest BCUT2D eigenvalue weighted by Crippen LogP contribution is 2.39. The molecule has 2 nitrogen and oxygen atoms in total. The molecule has 0 amide bonds. The number of hydrogen-bond donors (Lipinski definition) is 2. The van der Waals surface area contributed by atoms with E-state index >= 15 is 0 Å². The maximum absolute atomic E-state index is 9.64. The third-order valence-corrected chi connectivity index (χ3v) is 4.35. The number of phenols is 1. The molecule has 0 bridgehead atoms. The highest BCUT2D eigenvalue weighted by Gasteiger charge is 2.29. The molecule has 1 unspecified atom stereocenters. The van der Waals surface area contributed by atoms with Crippen LogP contribution in [0.25, 0.3) is 0 Å². The fraction of sp³-hybridized carbons (Fsp3) is 0.600. The van der Waals surface area contributed by atoms with Crippen molar-refractivity contribution < 1.29 is 5.11 Å². The summed E-state index contributed by atoms with van der Waals surface area (Å²) in [6.45, 7) is 0.969. The average Bonchev–Trinajstić information content (AvgIpc) is 2.58. The lowest BCUT2D eigenvalue weighted by atomic mass is 9.87.